The number of fused-ring (bicyclic) bond motifs is 1. The molecule has 1 heterocycles. The molecule has 0 spiro atoms. The van der Waals surface area contributed by atoms with Gasteiger partial charge in [-0.05, 0) is 37.3 Å². The standard InChI is InChI=1S/C25H20O6/c1-2-28-25(27)23-20-15-19(29-16-22(26)30-18-11-7-4-8-12-18)13-14-21(20)31-24(23)17-9-5-3-6-10-17/h3-15H,2,16H2,1H3. The predicted octanol–water partition coefficient (Wildman–Crippen LogP) is 5.26. The number of esters is 2. The van der Waals surface area contributed by atoms with Gasteiger partial charge in [-0.15, -0.1) is 0 Å². The SMILES string of the molecule is CCOC(=O)c1c(-c2ccccc2)oc2ccc(OCC(=O)Oc3ccccc3)cc12. The zero-order valence-corrected chi connectivity index (χ0v) is 16.9. The minimum atomic E-state index is -0.533. The Bertz CT molecular complexity index is 1190. The molecule has 0 saturated carbocycles. The van der Waals surface area contributed by atoms with Gasteiger partial charge >= 0.3 is 11.9 Å². The molecule has 0 saturated heterocycles. The van der Waals surface area contributed by atoms with Crippen LogP contribution in [-0.2, 0) is 9.53 Å². The third kappa shape index (κ3) is 4.59. The van der Waals surface area contributed by atoms with Crippen LogP contribution in [0.15, 0.2) is 83.3 Å². The second-order valence-corrected chi connectivity index (χ2v) is 6.63. The summed E-state index contributed by atoms with van der Waals surface area (Å²) in [7, 11) is 0. The van der Waals surface area contributed by atoms with E-state index in [1.54, 1.807) is 49.4 Å². The van der Waals surface area contributed by atoms with E-state index >= 15 is 0 Å². The summed E-state index contributed by atoms with van der Waals surface area (Å²) in [6.45, 7) is 1.70. The van der Waals surface area contributed by atoms with Gasteiger partial charge in [0.25, 0.3) is 0 Å². The first-order chi connectivity index (χ1) is 15.2. The van der Waals surface area contributed by atoms with Gasteiger partial charge in [-0.1, -0.05) is 48.5 Å². The maximum atomic E-state index is 12.7. The number of carbonyl (C=O) groups excluding carboxylic acids is 2. The maximum Gasteiger partial charge on any atom is 0.349 e. The van der Waals surface area contributed by atoms with Gasteiger partial charge in [-0.25, -0.2) is 9.59 Å². The number of para-hydroxylation sites is 1. The first-order valence-corrected chi connectivity index (χ1v) is 9.83. The van der Waals surface area contributed by atoms with Gasteiger partial charge in [0.2, 0.25) is 0 Å². The van der Waals surface area contributed by atoms with Gasteiger partial charge in [0.1, 0.15) is 28.4 Å². The lowest BCUT2D eigenvalue weighted by atomic mass is 10.1. The first kappa shape index (κ1) is 20.2. The average Bonchev–Trinajstić information content (AvgIpc) is 3.18. The molecule has 6 nitrogen and oxygen atoms in total. The van der Waals surface area contributed by atoms with Crippen LogP contribution in [0.2, 0.25) is 0 Å². The molecular weight excluding hydrogens is 396 g/mol. The van der Waals surface area contributed by atoms with Crippen molar-refractivity contribution >= 4 is 22.9 Å². The van der Waals surface area contributed by atoms with E-state index in [0.29, 0.717) is 33.8 Å². The van der Waals surface area contributed by atoms with E-state index < -0.39 is 11.9 Å². The number of benzene rings is 3. The van der Waals surface area contributed by atoms with Crippen LogP contribution in [0.5, 0.6) is 11.5 Å². The molecule has 31 heavy (non-hydrogen) atoms. The molecule has 0 amide bonds. The van der Waals surface area contributed by atoms with Gasteiger partial charge < -0.3 is 18.6 Å². The van der Waals surface area contributed by atoms with Crippen LogP contribution in [0.4, 0.5) is 0 Å². The van der Waals surface area contributed by atoms with Crippen molar-refractivity contribution in [1.82, 2.24) is 0 Å². The second kappa shape index (κ2) is 9.17. The lowest BCUT2D eigenvalue weighted by molar-refractivity contribution is -0.136. The smallest absolute Gasteiger partial charge is 0.349 e. The zero-order chi connectivity index (χ0) is 21.6. The first-order valence-electron chi connectivity index (χ1n) is 9.83. The molecule has 0 atom stereocenters. The molecule has 0 aliphatic carbocycles. The van der Waals surface area contributed by atoms with E-state index in [0.717, 1.165) is 5.56 Å². The van der Waals surface area contributed by atoms with E-state index in [1.165, 1.54) is 0 Å². The highest BCUT2D eigenvalue weighted by atomic mass is 16.6. The van der Waals surface area contributed by atoms with E-state index in [9.17, 15) is 9.59 Å². The van der Waals surface area contributed by atoms with Crippen molar-refractivity contribution in [3.63, 3.8) is 0 Å². The van der Waals surface area contributed by atoms with Gasteiger partial charge in [0.15, 0.2) is 6.61 Å². The molecule has 6 heteroatoms. The van der Waals surface area contributed by atoms with Crippen molar-refractivity contribution in [3.8, 4) is 22.8 Å². The molecule has 1 aromatic heterocycles. The Morgan fingerprint density at radius 1 is 0.871 bits per heavy atom. The molecule has 156 valence electrons. The Labute approximate surface area is 179 Å². The van der Waals surface area contributed by atoms with Crippen LogP contribution in [-0.4, -0.2) is 25.2 Å². The van der Waals surface area contributed by atoms with Crippen molar-refractivity contribution in [1.29, 1.82) is 0 Å². The van der Waals surface area contributed by atoms with Gasteiger partial charge in [-0.3, -0.25) is 0 Å². The monoisotopic (exact) mass is 416 g/mol. The summed E-state index contributed by atoms with van der Waals surface area (Å²) in [4.78, 5) is 24.8. The number of carbonyl (C=O) groups is 2. The number of hydrogen-bond donors (Lipinski definition) is 0. The van der Waals surface area contributed by atoms with Crippen molar-refractivity contribution in [2.45, 2.75) is 6.92 Å². The van der Waals surface area contributed by atoms with Crippen molar-refractivity contribution in [2.24, 2.45) is 0 Å². The fourth-order valence-corrected chi connectivity index (χ4v) is 3.16. The molecule has 4 rings (SSSR count). The lowest BCUT2D eigenvalue weighted by Crippen LogP contribution is -2.17. The lowest BCUT2D eigenvalue weighted by Gasteiger charge is -2.07. The van der Waals surface area contributed by atoms with E-state index in [1.807, 2.05) is 36.4 Å². The van der Waals surface area contributed by atoms with Crippen molar-refractivity contribution < 1.29 is 28.2 Å². The number of ether oxygens (including phenoxy) is 3. The van der Waals surface area contributed by atoms with Crippen LogP contribution in [0, 0.1) is 0 Å². The fraction of sp³-hybridized carbons (Fsp3) is 0.120. The Hall–Kier alpha value is -4.06. The molecular formula is C25H20O6. The minimum absolute atomic E-state index is 0.237. The summed E-state index contributed by atoms with van der Waals surface area (Å²) in [5, 5.41) is 0.547. The quantitative estimate of drug-likeness (QED) is 0.302. The molecule has 4 aromatic rings. The van der Waals surface area contributed by atoms with Crippen molar-refractivity contribution in [2.75, 3.05) is 13.2 Å². The van der Waals surface area contributed by atoms with E-state index in [-0.39, 0.29) is 13.2 Å². The summed E-state index contributed by atoms with van der Waals surface area (Å²) in [6, 6.07) is 23.1. The summed E-state index contributed by atoms with van der Waals surface area (Å²) in [5.41, 5.74) is 1.59. The number of hydrogen-bond acceptors (Lipinski definition) is 6. The van der Waals surface area contributed by atoms with E-state index in [2.05, 4.69) is 0 Å². The van der Waals surface area contributed by atoms with Gasteiger partial charge in [0, 0.05) is 10.9 Å². The molecule has 3 aromatic carbocycles. The van der Waals surface area contributed by atoms with Crippen LogP contribution in [0.1, 0.15) is 17.3 Å². The zero-order valence-electron chi connectivity index (χ0n) is 16.9. The third-order valence-corrected chi connectivity index (χ3v) is 4.51. The van der Waals surface area contributed by atoms with Crippen LogP contribution >= 0.6 is 0 Å². The van der Waals surface area contributed by atoms with Gasteiger partial charge in [-0.2, -0.15) is 0 Å². The fourth-order valence-electron chi connectivity index (χ4n) is 3.16. The Morgan fingerprint density at radius 2 is 1.58 bits per heavy atom. The Balaban J connectivity index is 1.61. The summed E-state index contributed by atoms with van der Waals surface area (Å²) >= 11 is 0. The normalized spacial score (nSPS) is 10.6. The molecule has 0 fully saturated rings. The summed E-state index contributed by atoms with van der Waals surface area (Å²) < 4.78 is 22.0. The molecule has 0 radical (unpaired) electrons. The topological polar surface area (TPSA) is 75.0 Å². The van der Waals surface area contributed by atoms with Crippen LogP contribution in [0.25, 0.3) is 22.3 Å². The van der Waals surface area contributed by atoms with E-state index in [4.69, 9.17) is 18.6 Å². The number of rotatable bonds is 7. The third-order valence-electron chi connectivity index (χ3n) is 4.51. The highest BCUT2D eigenvalue weighted by molar-refractivity contribution is 6.09. The molecule has 0 N–H and O–H groups in total. The number of furan rings is 1. The average molecular weight is 416 g/mol. The molecule has 0 aliphatic rings. The second-order valence-electron chi connectivity index (χ2n) is 6.63. The molecule has 0 bridgehead atoms. The molecule has 0 unspecified atom stereocenters. The molecule has 0 aliphatic heterocycles. The predicted molar refractivity (Wildman–Crippen MR) is 115 cm³/mol. The van der Waals surface area contributed by atoms with Crippen LogP contribution < -0.4 is 9.47 Å². The highest BCUT2D eigenvalue weighted by Gasteiger charge is 2.23. The Kier molecular flexibility index (Phi) is 5.98. The maximum absolute atomic E-state index is 12.7. The minimum Gasteiger partial charge on any atom is -0.482 e. The Morgan fingerprint density at radius 3 is 2.29 bits per heavy atom. The largest absolute Gasteiger partial charge is 0.482 e. The highest BCUT2D eigenvalue weighted by Crippen LogP contribution is 2.36. The van der Waals surface area contributed by atoms with Crippen LogP contribution in [0.3, 0.4) is 0 Å². The summed E-state index contributed by atoms with van der Waals surface area (Å²) in [5.74, 6) is 0.256. The summed E-state index contributed by atoms with van der Waals surface area (Å²) in [6.07, 6.45) is 0. The van der Waals surface area contributed by atoms with Gasteiger partial charge in [0.05, 0.1) is 6.61 Å². The van der Waals surface area contributed by atoms with Crippen molar-refractivity contribution in [3.05, 3.63) is 84.4 Å².